The monoisotopic (exact) mass is 607 g/mol. The quantitative estimate of drug-likeness (QED) is 0.274. The van der Waals surface area contributed by atoms with Crippen molar-refractivity contribution >= 4 is 29.1 Å². The molecule has 1 aromatic rings. The minimum absolute atomic E-state index is 0.0295. The van der Waals surface area contributed by atoms with E-state index in [4.69, 9.17) is 26.2 Å². The highest BCUT2D eigenvalue weighted by Crippen LogP contribution is 2.34. The number of nitrogens with one attached hydrogen (secondary N) is 2. The number of carbonyl (C=O) groups is 2. The Hall–Kier alpha value is -3.40. The van der Waals surface area contributed by atoms with Gasteiger partial charge in [-0.2, -0.15) is 5.10 Å². The summed E-state index contributed by atoms with van der Waals surface area (Å²) in [6.45, 7) is 9.61. The third-order valence-corrected chi connectivity index (χ3v) is 8.41. The largest absolute Gasteiger partial charge is 0.494 e. The van der Waals surface area contributed by atoms with Crippen molar-refractivity contribution in [2.24, 2.45) is 5.10 Å². The second kappa shape index (κ2) is 14.9. The first kappa shape index (κ1) is 31.0. The minimum atomic E-state index is -0.350. The molecule has 2 atom stereocenters. The SMILES string of the molecule is CCOC1=CC2NC(Cl)=C(C3CC(c4ccc(C)cc4)=NN3C(=O)CCCC(=O)NCCCN3CCOCC3)C=C2C=C1. The Balaban J connectivity index is 1.21. The summed E-state index contributed by atoms with van der Waals surface area (Å²) in [7, 11) is 0. The van der Waals surface area contributed by atoms with Crippen LogP contribution in [0.25, 0.3) is 0 Å². The molecule has 1 saturated heterocycles. The number of rotatable bonds is 12. The van der Waals surface area contributed by atoms with E-state index in [1.165, 1.54) is 0 Å². The van der Waals surface area contributed by atoms with Gasteiger partial charge >= 0.3 is 0 Å². The molecule has 1 aliphatic carbocycles. The van der Waals surface area contributed by atoms with E-state index in [1.54, 1.807) is 5.01 Å². The Kier molecular flexibility index (Phi) is 10.7. The molecule has 0 saturated carbocycles. The summed E-state index contributed by atoms with van der Waals surface area (Å²) in [5.74, 6) is 0.648. The topological polar surface area (TPSA) is 95.5 Å². The van der Waals surface area contributed by atoms with Gasteiger partial charge in [0, 0.05) is 44.5 Å². The average Bonchev–Trinajstić information content (AvgIpc) is 3.45. The van der Waals surface area contributed by atoms with Crippen LogP contribution < -0.4 is 10.6 Å². The van der Waals surface area contributed by atoms with Gasteiger partial charge in [0.05, 0.1) is 37.6 Å². The van der Waals surface area contributed by atoms with Gasteiger partial charge in [-0.25, -0.2) is 5.01 Å². The van der Waals surface area contributed by atoms with Gasteiger partial charge in [-0.1, -0.05) is 47.5 Å². The second-order valence-electron chi connectivity index (χ2n) is 11.3. The zero-order chi connectivity index (χ0) is 30.2. The number of dihydropyridines is 1. The molecule has 4 aliphatic rings. The van der Waals surface area contributed by atoms with Crippen LogP contribution in [0.15, 0.2) is 75.7 Å². The Morgan fingerprint density at radius 1 is 1.14 bits per heavy atom. The van der Waals surface area contributed by atoms with Gasteiger partial charge in [-0.3, -0.25) is 14.5 Å². The first-order chi connectivity index (χ1) is 20.9. The van der Waals surface area contributed by atoms with Crippen molar-refractivity contribution in [1.29, 1.82) is 0 Å². The van der Waals surface area contributed by atoms with Crippen LogP contribution in [0.2, 0.25) is 0 Å². The summed E-state index contributed by atoms with van der Waals surface area (Å²) in [6, 6.07) is 7.72. The number of halogens is 1. The maximum absolute atomic E-state index is 13.6. The Morgan fingerprint density at radius 3 is 2.70 bits per heavy atom. The van der Waals surface area contributed by atoms with E-state index in [1.807, 2.05) is 56.3 Å². The van der Waals surface area contributed by atoms with Gasteiger partial charge in [0.25, 0.3) is 0 Å². The number of benzene rings is 1. The molecule has 10 heteroatoms. The summed E-state index contributed by atoms with van der Waals surface area (Å²) in [6.07, 6.45) is 10.5. The molecular formula is C33H42ClN5O4. The molecule has 2 amide bonds. The van der Waals surface area contributed by atoms with Crippen molar-refractivity contribution < 1.29 is 19.1 Å². The Bertz CT molecular complexity index is 1330. The molecule has 1 fully saturated rings. The van der Waals surface area contributed by atoms with Crippen LogP contribution in [-0.4, -0.2) is 85.5 Å². The maximum atomic E-state index is 13.6. The van der Waals surface area contributed by atoms with Crippen molar-refractivity contribution in [1.82, 2.24) is 20.5 Å². The Morgan fingerprint density at radius 2 is 1.93 bits per heavy atom. The number of amides is 2. The third kappa shape index (κ3) is 8.16. The van der Waals surface area contributed by atoms with E-state index in [0.717, 1.165) is 73.0 Å². The average molecular weight is 608 g/mol. The van der Waals surface area contributed by atoms with Crippen molar-refractivity contribution in [3.63, 3.8) is 0 Å². The van der Waals surface area contributed by atoms with Crippen molar-refractivity contribution in [3.05, 3.63) is 81.8 Å². The highest BCUT2D eigenvalue weighted by molar-refractivity contribution is 6.30. The number of fused-ring (bicyclic) bond motifs is 1. The molecule has 0 radical (unpaired) electrons. The van der Waals surface area contributed by atoms with Crippen LogP contribution in [0.3, 0.4) is 0 Å². The zero-order valence-corrected chi connectivity index (χ0v) is 25.9. The van der Waals surface area contributed by atoms with E-state index < -0.39 is 0 Å². The van der Waals surface area contributed by atoms with Gasteiger partial charge in [0.1, 0.15) is 10.9 Å². The molecule has 3 heterocycles. The number of aryl methyl sites for hydroxylation is 1. The number of hydrazone groups is 1. The molecular weight excluding hydrogens is 566 g/mol. The lowest BCUT2D eigenvalue weighted by atomic mass is 9.91. The predicted octanol–water partition coefficient (Wildman–Crippen LogP) is 4.15. The van der Waals surface area contributed by atoms with Crippen molar-refractivity contribution in [3.8, 4) is 0 Å². The smallest absolute Gasteiger partial charge is 0.243 e. The number of carbonyl (C=O) groups excluding carboxylic acids is 2. The zero-order valence-electron chi connectivity index (χ0n) is 25.1. The molecule has 43 heavy (non-hydrogen) atoms. The number of ether oxygens (including phenoxy) is 2. The van der Waals surface area contributed by atoms with Crippen LogP contribution in [-0.2, 0) is 19.1 Å². The number of hydrogen-bond acceptors (Lipinski definition) is 7. The van der Waals surface area contributed by atoms with Gasteiger partial charge < -0.3 is 20.1 Å². The number of morpholine rings is 1. The molecule has 2 N–H and O–H groups in total. The van der Waals surface area contributed by atoms with Crippen LogP contribution in [0.5, 0.6) is 0 Å². The molecule has 230 valence electrons. The fraction of sp³-hybridized carbons (Fsp3) is 0.485. The summed E-state index contributed by atoms with van der Waals surface area (Å²) in [5, 5.41) is 13.2. The number of nitrogens with zero attached hydrogens (tertiary/aromatic N) is 3. The van der Waals surface area contributed by atoms with E-state index >= 15 is 0 Å². The predicted molar refractivity (Wildman–Crippen MR) is 168 cm³/mol. The molecule has 1 aromatic carbocycles. The van der Waals surface area contributed by atoms with Crippen LogP contribution in [0.4, 0.5) is 0 Å². The number of hydrogen-bond donors (Lipinski definition) is 2. The van der Waals surface area contributed by atoms with E-state index in [9.17, 15) is 9.59 Å². The lowest BCUT2D eigenvalue weighted by Gasteiger charge is -2.31. The van der Waals surface area contributed by atoms with Crippen LogP contribution in [0, 0.1) is 6.92 Å². The van der Waals surface area contributed by atoms with Crippen molar-refractivity contribution in [2.45, 2.75) is 58.0 Å². The van der Waals surface area contributed by atoms with E-state index in [2.05, 4.69) is 21.6 Å². The Labute approximate surface area is 259 Å². The third-order valence-electron chi connectivity index (χ3n) is 8.08. The highest BCUT2D eigenvalue weighted by atomic mass is 35.5. The number of allylic oxidation sites excluding steroid dienone is 1. The molecule has 2 unspecified atom stereocenters. The molecule has 0 spiro atoms. The summed E-state index contributed by atoms with van der Waals surface area (Å²) in [4.78, 5) is 28.4. The van der Waals surface area contributed by atoms with Crippen molar-refractivity contribution in [2.75, 3.05) is 46.0 Å². The van der Waals surface area contributed by atoms with E-state index in [0.29, 0.717) is 37.6 Å². The fourth-order valence-corrected chi connectivity index (χ4v) is 5.99. The summed E-state index contributed by atoms with van der Waals surface area (Å²) < 4.78 is 11.0. The van der Waals surface area contributed by atoms with Gasteiger partial charge in [-0.15, -0.1) is 0 Å². The van der Waals surface area contributed by atoms with Crippen LogP contribution in [0.1, 0.15) is 50.2 Å². The first-order valence-electron chi connectivity index (χ1n) is 15.3. The molecule has 9 nitrogen and oxygen atoms in total. The fourth-order valence-electron chi connectivity index (χ4n) is 5.69. The highest BCUT2D eigenvalue weighted by Gasteiger charge is 2.37. The molecule has 0 aromatic heterocycles. The van der Waals surface area contributed by atoms with Crippen LogP contribution >= 0.6 is 11.6 Å². The van der Waals surface area contributed by atoms with Gasteiger partial charge in [0.2, 0.25) is 11.8 Å². The van der Waals surface area contributed by atoms with Gasteiger partial charge in [0.15, 0.2) is 0 Å². The molecule has 3 aliphatic heterocycles. The lowest BCUT2D eigenvalue weighted by molar-refractivity contribution is -0.132. The minimum Gasteiger partial charge on any atom is -0.494 e. The van der Waals surface area contributed by atoms with E-state index in [-0.39, 0.29) is 30.3 Å². The van der Waals surface area contributed by atoms with Gasteiger partial charge in [-0.05, 0) is 62.6 Å². The normalized spacial score (nSPS) is 21.9. The summed E-state index contributed by atoms with van der Waals surface area (Å²) >= 11 is 6.83. The standard InChI is InChI=1S/C33H42ClN5O4/c1-3-43-26-13-12-25-20-27(33(34)36-28(25)21-26)30-22-29(24-10-8-23(2)9-11-24)37-39(30)32(41)7-4-6-31(40)35-14-5-15-38-16-18-42-19-17-38/h8-13,20-21,28,30,36H,3-7,14-19,22H2,1-2H3,(H,35,40). The maximum Gasteiger partial charge on any atom is 0.243 e. The second-order valence-corrected chi connectivity index (χ2v) is 11.6. The lowest BCUT2D eigenvalue weighted by Crippen LogP contribution is -2.39. The summed E-state index contributed by atoms with van der Waals surface area (Å²) in [5.41, 5.74) is 4.85. The molecule has 0 bridgehead atoms. The first-order valence-corrected chi connectivity index (χ1v) is 15.7. The molecule has 5 rings (SSSR count).